The normalized spacial score (nSPS) is 18.4. The Morgan fingerprint density at radius 3 is 1.80 bits per heavy atom. The third-order valence-corrected chi connectivity index (χ3v) is 7.77. The molecule has 0 spiro atoms. The minimum atomic E-state index is -1.55. The predicted octanol–water partition coefficient (Wildman–Crippen LogP) is -3.81. The van der Waals surface area contributed by atoms with E-state index in [1.807, 2.05) is 0 Å². The molecule has 1 rings (SSSR count). The molecular formula is C31H52N8O12. The van der Waals surface area contributed by atoms with Gasteiger partial charge in [0.05, 0.1) is 18.7 Å². The number of aliphatic carboxylic acids is 2. The fourth-order valence-corrected chi connectivity index (χ4v) is 4.95. The van der Waals surface area contributed by atoms with Gasteiger partial charge in [0.2, 0.25) is 41.4 Å². The van der Waals surface area contributed by atoms with Crippen molar-refractivity contribution >= 4 is 53.3 Å². The van der Waals surface area contributed by atoms with Crippen molar-refractivity contribution in [2.45, 2.75) is 115 Å². The summed E-state index contributed by atoms with van der Waals surface area (Å²) in [6.07, 6.45) is -2.19. The van der Waals surface area contributed by atoms with E-state index in [1.165, 1.54) is 6.92 Å². The molecule has 0 aromatic heterocycles. The molecule has 1 aliphatic heterocycles. The molecule has 0 saturated carbocycles. The van der Waals surface area contributed by atoms with Gasteiger partial charge in [0.25, 0.3) is 0 Å². The number of amides is 7. The van der Waals surface area contributed by atoms with E-state index in [9.17, 15) is 53.4 Å². The summed E-state index contributed by atoms with van der Waals surface area (Å²) in [7, 11) is 0. The molecule has 12 N–H and O–H groups in total. The van der Waals surface area contributed by atoms with Gasteiger partial charge in [-0.3, -0.25) is 43.2 Å². The van der Waals surface area contributed by atoms with E-state index in [0.717, 1.165) is 0 Å². The number of carbonyl (C=O) groups is 9. The summed E-state index contributed by atoms with van der Waals surface area (Å²) in [6.45, 7) is 7.59. The molecule has 20 heteroatoms. The van der Waals surface area contributed by atoms with Crippen molar-refractivity contribution < 1.29 is 58.5 Å². The number of hydrogen-bond acceptors (Lipinski definition) is 11. The second-order valence-corrected chi connectivity index (χ2v) is 13.2. The van der Waals surface area contributed by atoms with Crippen LogP contribution in [0.1, 0.15) is 73.1 Å². The standard InChI is InChI=1S/C31H52N8O12/c1-14(2)10-21(29(48)35-16(5)31(50)51)38-30(49)25(15(3)4)39-28(47)19(7-9-24(43)44)37-27(46)18(6-8-22(32)41)36-23(42)13-34-26(45)20-11-17(40)12-33-20/h14-21,25,33,40H,6-13H2,1-5H3,(H2,32,41)(H,34,45)(H,35,48)(H,36,42)(H,37,46)(H,38,49)(H,39,47)(H,43,44)(H,50,51)/t16-,17+,18-,19-,20-,21-,25-/m0/s1. The summed E-state index contributed by atoms with van der Waals surface area (Å²) < 4.78 is 0. The summed E-state index contributed by atoms with van der Waals surface area (Å²) >= 11 is 0. The molecule has 20 nitrogen and oxygen atoms in total. The first-order valence-electron chi connectivity index (χ1n) is 16.6. The highest BCUT2D eigenvalue weighted by Gasteiger charge is 2.34. The Balaban J connectivity index is 3.12. The van der Waals surface area contributed by atoms with Crippen LogP contribution in [-0.2, 0) is 43.2 Å². The highest BCUT2D eigenvalue weighted by atomic mass is 16.4. The summed E-state index contributed by atoms with van der Waals surface area (Å²) in [4.78, 5) is 112. The average Bonchev–Trinajstić information content (AvgIpc) is 3.47. The van der Waals surface area contributed by atoms with Gasteiger partial charge in [0.1, 0.15) is 30.2 Å². The Morgan fingerprint density at radius 1 is 0.745 bits per heavy atom. The number of primary amides is 1. The van der Waals surface area contributed by atoms with E-state index in [2.05, 4.69) is 37.2 Å². The summed E-state index contributed by atoms with van der Waals surface area (Å²) in [5.41, 5.74) is 5.22. The number of hydrogen-bond donors (Lipinski definition) is 11. The van der Waals surface area contributed by atoms with Gasteiger partial charge in [0.15, 0.2) is 0 Å². The van der Waals surface area contributed by atoms with Gasteiger partial charge in [-0.15, -0.1) is 0 Å². The predicted molar refractivity (Wildman–Crippen MR) is 178 cm³/mol. The van der Waals surface area contributed by atoms with Crippen LogP contribution in [0.5, 0.6) is 0 Å². The lowest BCUT2D eigenvalue weighted by molar-refractivity contribution is -0.142. The Bertz CT molecular complexity index is 1290. The first-order chi connectivity index (χ1) is 23.7. The van der Waals surface area contributed by atoms with Gasteiger partial charge in [-0.05, 0) is 44.4 Å². The molecule has 0 radical (unpaired) electrons. The Kier molecular flexibility index (Phi) is 18.5. The third-order valence-electron chi connectivity index (χ3n) is 7.77. The van der Waals surface area contributed by atoms with Gasteiger partial charge in [-0.25, -0.2) is 0 Å². The Labute approximate surface area is 295 Å². The number of nitrogens with two attached hydrogens (primary N) is 1. The summed E-state index contributed by atoms with van der Waals surface area (Å²) in [5.74, 6) is -9.05. The van der Waals surface area contributed by atoms with Gasteiger partial charge in [-0.1, -0.05) is 27.7 Å². The second-order valence-electron chi connectivity index (χ2n) is 13.2. The zero-order chi connectivity index (χ0) is 39.0. The van der Waals surface area contributed by atoms with E-state index < -0.39 is 121 Å². The Hall–Kier alpha value is -4.85. The van der Waals surface area contributed by atoms with Crippen LogP contribution in [0, 0.1) is 11.8 Å². The molecule has 51 heavy (non-hydrogen) atoms. The lowest BCUT2D eigenvalue weighted by Crippen LogP contribution is -2.60. The molecule has 288 valence electrons. The number of carboxylic acid groups (broad SMARTS) is 2. The minimum Gasteiger partial charge on any atom is -0.481 e. The second kappa shape index (κ2) is 21.4. The van der Waals surface area contributed by atoms with Gasteiger partial charge in [0, 0.05) is 19.4 Å². The van der Waals surface area contributed by atoms with Crippen molar-refractivity contribution in [2.75, 3.05) is 13.1 Å². The first kappa shape index (κ1) is 44.2. The number of carbonyl (C=O) groups excluding carboxylic acids is 7. The average molecular weight is 729 g/mol. The molecule has 1 saturated heterocycles. The van der Waals surface area contributed by atoms with E-state index >= 15 is 0 Å². The van der Waals surface area contributed by atoms with Crippen LogP contribution < -0.4 is 43.0 Å². The quantitative estimate of drug-likeness (QED) is 0.0510. The van der Waals surface area contributed by atoms with E-state index in [4.69, 9.17) is 10.8 Å². The molecule has 0 unspecified atom stereocenters. The number of β-amino-alcohol motifs (C(OH)–C–C–N with tert-alkyl or cyclic N) is 1. The van der Waals surface area contributed by atoms with Crippen LogP contribution >= 0.6 is 0 Å². The highest BCUT2D eigenvalue weighted by Crippen LogP contribution is 2.10. The topological polar surface area (TPSA) is 325 Å². The number of nitrogens with one attached hydrogen (secondary N) is 7. The van der Waals surface area contributed by atoms with Crippen LogP contribution in [0.4, 0.5) is 0 Å². The van der Waals surface area contributed by atoms with E-state index in [-0.39, 0.29) is 38.1 Å². The summed E-state index contributed by atoms with van der Waals surface area (Å²) in [5, 5.41) is 45.2. The molecule has 1 heterocycles. The van der Waals surface area contributed by atoms with Crippen molar-refractivity contribution in [2.24, 2.45) is 17.6 Å². The highest BCUT2D eigenvalue weighted by molar-refractivity contribution is 5.97. The smallest absolute Gasteiger partial charge is 0.325 e. The monoisotopic (exact) mass is 728 g/mol. The van der Waals surface area contributed by atoms with E-state index in [1.54, 1.807) is 27.7 Å². The fraction of sp³-hybridized carbons (Fsp3) is 0.710. The van der Waals surface area contributed by atoms with Crippen LogP contribution in [0.3, 0.4) is 0 Å². The molecule has 7 atom stereocenters. The maximum Gasteiger partial charge on any atom is 0.325 e. The van der Waals surface area contributed by atoms with Crippen LogP contribution in [0.2, 0.25) is 0 Å². The van der Waals surface area contributed by atoms with Crippen molar-refractivity contribution in [3.63, 3.8) is 0 Å². The van der Waals surface area contributed by atoms with Crippen LogP contribution in [-0.4, -0.2) is 124 Å². The lowest BCUT2D eigenvalue weighted by atomic mass is 9.99. The molecule has 1 fully saturated rings. The van der Waals surface area contributed by atoms with Crippen molar-refractivity contribution in [3.8, 4) is 0 Å². The number of aliphatic hydroxyl groups excluding tert-OH is 1. The lowest BCUT2D eigenvalue weighted by Gasteiger charge is -2.28. The van der Waals surface area contributed by atoms with Crippen molar-refractivity contribution in [1.29, 1.82) is 0 Å². The first-order valence-corrected chi connectivity index (χ1v) is 16.6. The molecule has 1 aliphatic rings. The number of rotatable bonds is 22. The van der Waals surface area contributed by atoms with Crippen molar-refractivity contribution in [3.05, 3.63) is 0 Å². The summed E-state index contributed by atoms with van der Waals surface area (Å²) in [6, 6.07) is -7.46. The third kappa shape index (κ3) is 16.6. The molecular weight excluding hydrogens is 676 g/mol. The van der Waals surface area contributed by atoms with Crippen LogP contribution in [0.15, 0.2) is 0 Å². The maximum absolute atomic E-state index is 13.5. The maximum atomic E-state index is 13.5. The van der Waals surface area contributed by atoms with Crippen LogP contribution in [0.25, 0.3) is 0 Å². The van der Waals surface area contributed by atoms with E-state index in [0.29, 0.717) is 0 Å². The molecule has 0 aliphatic carbocycles. The van der Waals surface area contributed by atoms with Gasteiger partial charge in [-0.2, -0.15) is 0 Å². The van der Waals surface area contributed by atoms with Gasteiger partial charge < -0.3 is 58.3 Å². The number of carboxylic acids is 2. The zero-order valence-electron chi connectivity index (χ0n) is 29.4. The Morgan fingerprint density at radius 2 is 1.29 bits per heavy atom. The largest absolute Gasteiger partial charge is 0.481 e. The van der Waals surface area contributed by atoms with Gasteiger partial charge >= 0.3 is 11.9 Å². The molecule has 0 aromatic carbocycles. The van der Waals surface area contributed by atoms with Crippen molar-refractivity contribution in [1.82, 2.24) is 37.2 Å². The SMILES string of the molecule is CC(C)C[C@H](NC(=O)[C@@H](NC(=O)[C@H](CCC(=O)O)NC(=O)[C@H](CCC(N)=O)NC(=O)CNC(=O)[C@@H]1C[C@@H](O)CN1)C(C)C)C(=O)N[C@@H](C)C(=O)O. The molecule has 0 aromatic rings. The zero-order valence-corrected chi connectivity index (χ0v) is 29.4. The molecule has 0 bridgehead atoms. The molecule has 7 amide bonds. The fourth-order valence-electron chi connectivity index (χ4n) is 4.95. The minimum absolute atomic E-state index is 0.110. The number of aliphatic hydroxyl groups is 1.